The molecule has 132 valence electrons. The molecule has 24 heavy (non-hydrogen) atoms. The van der Waals surface area contributed by atoms with Crippen molar-refractivity contribution in [3.05, 3.63) is 23.8 Å². The Labute approximate surface area is 147 Å². The lowest BCUT2D eigenvalue weighted by molar-refractivity contribution is 0.102. The smallest absolute Gasteiger partial charge is 0.277 e. The molecule has 2 aromatic heterocycles. The Bertz CT molecular complexity index is 675. The van der Waals surface area contributed by atoms with Crippen molar-refractivity contribution in [1.82, 2.24) is 30.1 Å². The van der Waals surface area contributed by atoms with Crippen molar-refractivity contribution in [2.75, 3.05) is 11.9 Å². The van der Waals surface area contributed by atoms with E-state index in [9.17, 15) is 4.79 Å². The minimum absolute atomic E-state index is 0. The maximum Gasteiger partial charge on any atom is 0.277 e. The molecule has 0 bridgehead atoms. The molecule has 9 heteroatoms. The number of hydrogen-bond donors (Lipinski definition) is 2. The van der Waals surface area contributed by atoms with E-state index in [0.717, 1.165) is 25.2 Å². The molecule has 0 aromatic carbocycles. The highest BCUT2D eigenvalue weighted by Gasteiger charge is 2.15. The average Bonchev–Trinajstić information content (AvgIpc) is 3.16. The zero-order valence-corrected chi connectivity index (χ0v) is 14.8. The van der Waals surface area contributed by atoms with Gasteiger partial charge in [0.2, 0.25) is 0 Å². The maximum atomic E-state index is 12.2. The molecule has 1 unspecified atom stereocenters. The standard InChI is InChI=1S/C15H23N7O.ClH/c1-11-13(9-17-21(11)2)18-15(23)14-10-22(20-19-14)8-6-12-5-3-4-7-16-12;/h9-10,12,16H,3-8H2,1-2H3,(H,18,23);1H. The Hall–Kier alpha value is -1.93. The Kier molecular flexibility index (Phi) is 6.33. The van der Waals surface area contributed by atoms with Crippen molar-refractivity contribution in [3.8, 4) is 0 Å². The predicted octanol–water partition coefficient (Wildman–Crippen LogP) is 1.53. The first-order valence-electron chi connectivity index (χ1n) is 8.07. The number of aromatic nitrogens is 5. The molecule has 8 nitrogen and oxygen atoms in total. The molecule has 1 saturated heterocycles. The second-order valence-electron chi connectivity index (χ2n) is 6.02. The Morgan fingerprint density at radius 1 is 1.46 bits per heavy atom. The van der Waals surface area contributed by atoms with Gasteiger partial charge in [-0.25, -0.2) is 0 Å². The van der Waals surface area contributed by atoms with Crippen LogP contribution in [0.15, 0.2) is 12.4 Å². The minimum Gasteiger partial charge on any atom is -0.318 e. The van der Waals surface area contributed by atoms with Gasteiger partial charge in [0, 0.05) is 19.6 Å². The van der Waals surface area contributed by atoms with Gasteiger partial charge in [-0.05, 0) is 32.7 Å². The molecule has 2 N–H and O–H groups in total. The highest BCUT2D eigenvalue weighted by atomic mass is 35.5. The maximum absolute atomic E-state index is 12.2. The summed E-state index contributed by atoms with van der Waals surface area (Å²) in [6.45, 7) is 3.76. The van der Waals surface area contributed by atoms with Gasteiger partial charge in [-0.15, -0.1) is 17.5 Å². The topological polar surface area (TPSA) is 89.7 Å². The van der Waals surface area contributed by atoms with Gasteiger partial charge >= 0.3 is 0 Å². The SMILES string of the molecule is Cc1c(NC(=O)c2cn(CCC3CCCCN3)nn2)cnn1C.Cl. The number of hydrogen-bond acceptors (Lipinski definition) is 5. The van der Waals surface area contributed by atoms with Gasteiger partial charge in [-0.3, -0.25) is 14.2 Å². The second kappa shape index (κ2) is 8.25. The molecule has 0 radical (unpaired) electrons. The van der Waals surface area contributed by atoms with Gasteiger partial charge in [0.1, 0.15) is 0 Å². The lowest BCUT2D eigenvalue weighted by Gasteiger charge is -2.23. The fourth-order valence-electron chi connectivity index (χ4n) is 2.78. The summed E-state index contributed by atoms with van der Waals surface area (Å²) in [4.78, 5) is 12.2. The number of halogens is 1. The van der Waals surface area contributed by atoms with Crippen molar-refractivity contribution in [1.29, 1.82) is 0 Å². The van der Waals surface area contributed by atoms with Crippen molar-refractivity contribution in [3.63, 3.8) is 0 Å². The van der Waals surface area contributed by atoms with E-state index in [1.165, 1.54) is 19.3 Å². The molecule has 3 rings (SSSR count). The predicted molar refractivity (Wildman–Crippen MR) is 93.4 cm³/mol. The summed E-state index contributed by atoms with van der Waals surface area (Å²) in [5.41, 5.74) is 1.91. The van der Waals surface area contributed by atoms with E-state index in [1.54, 1.807) is 21.8 Å². The molecule has 1 amide bonds. The minimum atomic E-state index is -0.261. The lowest BCUT2D eigenvalue weighted by atomic mass is 10.0. The average molecular weight is 354 g/mol. The van der Waals surface area contributed by atoms with Gasteiger partial charge in [-0.1, -0.05) is 11.6 Å². The fourth-order valence-corrected chi connectivity index (χ4v) is 2.78. The Balaban J connectivity index is 0.00000208. The number of anilines is 1. The Morgan fingerprint density at radius 2 is 2.29 bits per heavy atom. The highest BCUT2D eigenvalue weighted by Crippen LogP contribution is 2.14. The zero-order valence-electron chi connectivity index (χ0n) is 14.0. The van der Waals surface area contributed by atoms with E-state index < -0.39 is 0 Å². The zero-order chi connectivity index (χ0) is 16.2. The molecular formula is C15H24ClN7O. The normalized spacial score (nSPS) is 17.3. The third kappa shape index (κ3) is 4.33. The van der Waals surface area contributed by atoms with E-state index >= 15 is 0 Å². The van der Waals surface area contributed by atoms with E-state index in [2.05, 4.69) is 26.0 Å². The van der Waals surface area contributed by atoms with Crippen LogP contribution in [0.1, 0.15) is 41.9 Å². The van der Waals surface area contributed by atoms with Gasteiger partial charge in [0.15, 0.2) is 5.69 Å². The van der Waals surface area contributed by atoms with Gasteiger partial charge in [0.05, 0.1) is 23.8 Å². The highest BCUT2D eigenvalue weighted by molar-refractivity contribution is 6.02. The molecule has 1 atom stereocenters. The monoisotopic (exact) mass is 353 g/mol. The van der Waals surface area contributed by atoms with Crippen LogP contribution in [0.2, 0.25) is 0 Å². The summed E-state index contributed by atoms with van der Waals surface area (Å²) in [5.74, 6) is -0.261. The number of piperidine rings is 1. The van der Waals surface area contributed by atoms with E-state index in [-0.39, 0.29) is 18.3 Å². The van der Waals surface area contributed by atoms with Crippen molar-refractivity contribution in [2.24, 2.45) is 7.05 Å². The first-order chi connectivity index (χ1) is 11.1. The number of aryl methyl sites for hydroxylation is 2. The molecule has 3 heterocycles. The quantitative estimate of drug-likeness (QED) is 0.850. The first kappa shape index (κ1) is 18.4. The molecule has 0 spiro atoms. The van der Waals surface area contributed by atoms with Crippen LogP contribution in [0.3, 0.4) is 0 Å². The van der Waals surface area contributed by atoms with Crippen molar-refractivity contribution in [2.45, 2.75) is 45.2 Å². The van der Waals surface area contributed by atoms with Crippen LogP contribution in [0.25, 0.3) is 0 Å². The van der Waals surface area contributed by atoms with Crippen LogP contribution < -0.4 is 10.6 Å². The van der Waals surface area contributed by atoms with Crippen molar-refractivity contribution < 1.29 is 4.79 Å². The summed E-state index contributed by atoms with van der Waals surface area (Å²) in [7, 11) is 1.83. The molecule has 1 fully saturated rings. The van der Waals surface area contributed by atoms with Crippen LogP contribution in [0.4, 0.5) is 5.69 Å². The Morgan fingerprint density at radius 3 is 2.96 bits per heavy atom. The number of nitrogens with zero attached hydrogens (tertiary/aromatic N) is 5. The summed E-state index contributed by atoms with van der Waals surface area (Å²) in [5, 5.41) is 18.4. The fraction of sp³-hybridized carbons (Fsp3) is 0.600. The third-order valence-corrected chi connectivity index (χ3v) is 4.37. The number of amides is 1. The number of rotatable bonds is 5. The summed E-state index contributed by atoms with van der Waals surface area (Å²) >= 11 is 0. The second-order valence-corrected chi connectivity index (χ2v) is 6.02. The number of carbonyl (C=O) groups is 1. The van der Waals surface area contributed by atoms with Crippen LogP contribution >= 0.6 is 12.4 Å². The van der Waals surface area contributed by atoms with Crippen molar-refractivity contribution >= 4 is 24.0 Å². The summed E-state index contributed by atoms with van der Waals surface area (Å²) in [6.07, 6.45) is 8.09. The van der Waals surface area contributed by atoms with E-state index in [1.807, 2.05) is 14.0 Å². The van der Waals surface area contributed by atoms with Crippen LogP contribution in [0, 0.1) is 6.92 Å². The first-order valence-corrected chi connectivity index (χ1v) is 8.07. The summed E-state index contributed by atoms with van der Waals surface area (Å²) < 4.78 is 3.45. The molecule has 0 saturated carbocycles. The summed E-state index contributed by atoms with van der Waals surface area (Å²) in [6, 6.07) is 0.545. The third-order valence-electron chi connectivity index (χ3n) is 4.37. The molecule has 1 aliphatic rings. The molecule has 2 aromatic rings. The number of carbonyl (C=O) groups excluding carboxylic acids is 1. The van der Waals surface area contributed by atoms with E-state index in [4.69, 9.17) is 0 Å². The van der Waals surface area contributed by atoms with E-state index in [0.29, 0.717) is 17.4 Å². The van der Waals surface area contributed by atoms with Gasteiger partial charge < -0.3 is 10.6 Å². The van der Waals surface area contributed by atoms with Gasteiger partial charge in [-0.2, -0.15) is 5.10 Å². The number of nitrogens with one attached hydrogen (secondary N) is 2. The van der Waals surface area contributed by atoms with Crippen LogP contribution in [0.5, 0.6) is 0 Å². The van der Waals surface area contributed by atoms with Gasteiger partial charge in [0.25, 0.3) is 5.91 Å². The molecular weight excluding hydrogens is 330 g/mol. The molecule has 0 aliphatic carbocycles. The largest absolute Gasteiger partial charge is 0.318 e. The lowest BCUT2D eigenvalue weighted by Crippen LogP contribution is -2.34. The van der Waals surface area contributed by atoms with Crippen LogP contribution in [-0.2, 0) is 13.6 Å². The molecule has 1 aliphatic heterocycles. The van der Waals surface area contributed by atoms with Crippen LogP contribution in [-0.4, -0.2) is 43.3 Å².